The van der Waals surface area contributed by atoms with E-state index in [4.69, 9.17) is 4.74 Å². The highest BCUT2D eigenvalue weighted by atomic mass is 19.1. The zero-order valence-electron chi connectivity index (χ0n) is 12.7. The lowest BCUT2D eigenvalue weighted by atomic mass is 9.79. The first kappa shape index (κ1) is 14.8. The van der Waals surface area contributed by atoms with E-state index in [-0.39, 0.29) is 23.2 Å². The van der Waals surface area contributed by atoms with Crippen LogP contribution in [0.25, 0.3) is 0 Å². The Morgan fingerprint density at radius 3 is 2.75 bits per heavy atom. The minimum Gasteiger partial charge on any atom is -0.467 e. The Labute approximate surface area is 119 Å². The summed E-state index contributed by atoms with van der Waals surface area (Å²) in [6, 6.07) is 4.39. The number of ether oxygens (including phenoxy) is 1. The van der Waals surface area contributed by atoms with Crippen molar-refractivity contribution in [3.05, 3.63) is 29.6 Å². The van der Waals surface area contributed by atoms with Crippen molar-refractivity contribution in [1.82, 2.24) is 0 Å². The first-order chi connectivity index (χ1) is 9.27. The summed E-state index contributed by atoms with van der Waals surface area (Å²) < 4.78 is 18.4. The lowest BCUT2D eigenvalue weighted by Crippen LogP contribution is -2.55. The van der Waals surface area contributed by atoms with E-state index < -0.39 is 6.04 Å². The van der Waals surface area contributed by atoms with Crippen LogP contribution in [-0.2, 0) is 9.53 Å². The fraction of sp³-hybridized carbons (Fsp3) is 0.562. The van der Waals surface area contributed by atoms with E-state index in [1.165, 1.54) is 13.2 Å². The van der Waals surface area contributed by atoms with Gasteiger partial charge in [-0.3, -0.25) is 0 Å². The molecule has 0 saturated heterocycles. The summed E-state index contributed by atoms with van der Waals surface area (Å²) in [6.45, 7) is 8.14. The second kappa shape index (κ2) is 5.08. The lowest BCUT2D eigenvalue weighted by molar-refractivity contribution is -0.142. The van der Waals surface area contributed by atoms with Crippen molar-refractivity contribution in [1.29, 1.82) is 0 Å². The standard InChI is InChI=1S/C16H22FNO2/c1-10-9-16(3,4)18(11(2)15(19)20-5)14-7-6-12(17)8-13(10)14/h6-8,10-11H,9H2,1-5H3. The molecule has 2 unspecified atom stereocenters. The van der Waals surface area contributed by atoms with Gasteiger partial charge in [-0.1, -0.05) is 6.92 Å². The fourth-order valence-electron chi connectivity index (χ4n) is 3.43. The van der Waals surface area contributed by atoms with Gasteiger partial charge in [0.1, 0.15) is 11.9 Å². The Morgan fingerprint density at radius 2 is 2.15 bits per heavy atom. The number of benzene rings is 1. The van der Waals surface area contributed by atoms with E-state index in [0.29, 0.717) is 0 Å². The molecule has 0 spiro atoms. The van der Waals surface area contributed by atoms with Crippen LogP contribution in [0, 0.1) is 5.82 Å². The smallest absolute Gasteiger partial charge is 0.328 e. The van der Waals surface area contributed by atoms with Gasteiger partial charge in [-0.05, 0) is 56.9 Å². The number of carbonyl (C=O) groups excluding carboxylic acids is 1. The molecule has 2 rings (SSSR count). The molecule has 20 heavy (non-hydrogen) atoms. The SMILES string of the molecule is COC(=O)C(C)N1c2ccc(F)cc2C(C)CC1(C)C. The number of carbonyl (C=O) groups is 1. The third-order valence-corrected chi connectivity index (χ3v) is 4.17. The van der Waals surface area contributed by atoms with E-state index in [1.807, 2.05) is 11.8 Å². The number of esters is 1. The monoisotopic (exact) mass is 279 g/mol. The molecule has 1 aliphatic heterocycles. The molecule has 0 N–H and O–H groups in total. The summed E-state index contributed by atoms with van der Waals surface area (Å²) in [5, 5.41) is 0. The topological polar surface area (TPSA) is 29.5 Å². The molecule has 2 atom stereocenters. The third-order valence-electron chi connectivity index (χ3n) is 4.17. The van der Waals surface area contributed by atoms with Crippen LogP contribution in [0.1, 0.15) is 45.6 Å². The predicted octanol–water partition coefficient (Wildman–Crippen LogP) is 3.48. The molecule has 0 aliphatic carbocycles. The summed E-state index contributed by atoms with van der Waals surface area (Å²) in [6.07, 6.45) is 0.866. The van der Waals surface area contributed by atoms with Gasteiger partial charge in [-0.2, -0.15) is 0 Å². The van der Waals surface area contributed by atoms with Crippen LogP contribution in [0.3, 0.4) is 0 Å². The maximum Gasteiger partial charge on any atom is 0.328 e. The number of methoxy groups -OCH3 is 1. The Balaban J connectivity index is 2.54. The average Bonchev–Trinajstić information content (AvgIpc) is 2.37. The quantitative estimate of drug-likeness (QED) is 0.776. The van der Waals surface area contributed by atoms with Crippen molar-refractivity contribution in [2.75, 3.05) is 12.0 Å². The third kappa shape index (κ3) is 2.39. The Kier molecular flexibility index (Phi) is 3.76. The van der Waals surface area contributed by atoms with Gasteiger partial charge in [-0.25, -0.2) is 9.18 Å². The molecule has 4 heteroatoms. The lowest BCUT2D eigenvalue weighted by Gasteiger charge is -2.49. The normalized spacial score (nSPS) is 22.1. The molecule has 110 valence electrons. The molecule has 0 fully saturated rings. The van der Waals surface area contributed by atoms with E-state index in [0.717, 1.165) is 17.7 Å². The van der Waals surface area contributed by atoms with Gasteiger partial charge in [0.25, 0.3) is 0 Å². The first-order valence-electron chi connectivity index (χ1n) is 6.94. The van der Waals surface area contributed by atoms with E-state index >= 15 is 0 Å². The zero-order chi connectivity index (χ0) is 15.1. The highest BCUT2D eigenvalue weighted by Gasteiger charge is 2.41. The van der Waals surface area contributed by atoms with Gasteiger partial charge in [-0.15, -0.1) is 0 Å². The molecule has 0 radical (unpaired) electrons. The maximum atomic E-state index is 13.5. The van der Waals surface area contributed by atoms with E-state index in [9.17, 15) is 9.18 Å². The number of nitrogens with zero attached hydrogens (tertiary/aromatic N) is 1. The molecule has 1 aromatic rings. The largest absolute Gasteiger partial charge is 0.467 e. The minimum atomic E-state index is -0.397. The molecule has 0 bridgehead atoms. The van der Waals surface area contributed by atoms with Gasteiger partial charge in [0.2, 0.25) is 0 Å². The van der Waals surface area contributed by atoms with Crippen LogP contribution >= 0.6 is 0 Å². The van der Waals surface area contributed by atoms with E-state index in [2.05, 4.69) is 20.8 Å². The van der Waals surface area contributed by atoms with Gasteiger partial charge in [0.05, 0.1) is 7.11 Å². The van der Waals surface area contributed by atoms with Crippen LogP contribution in [0.2, 0.25) is 0 Å². The summed E-state index contributed by atoms with van der Waals surface area (Å²) in [5.41, 5.74) is 1.70. The summed E-state index contributed by atoms with van der Waals surface area (Å²) in [5.74, 6) is -0.249. The molecule has 1 aromatic carbocycles. The van der Waals surface area contributed by atoms with Crippen molar-refractivity contribution >= 4 is 11.7 Å². The average molecular weight is 279 g/mol. The number of anilines is 1. The second-order valence-corrected chi connectivity index (χ2v) is 6.19. The molecule has 1 heterocycles. The Bertz CT molecular complexity index is 527. The Hall–Kier alpha value is -1.58. The highest BCUT2D eigenvalue weighted by Crippen LogP contribution is 2.44. The van der Waals surface area contributed by atoms with Gasteiger partial charge < -0.3 is 9.64 Å². The number of rotatable bonds is 2. The minimum absolute atomic E-state index is 0.183. The van der Waals surface area contributed by atoms with E-state index in [1.54, 1.807) is 12.1 Å². The Morgan fingerprint density at radius 1 is 1.50 bits per heavy atom. The zero-order valence-corrected chi connectivity index (χ0v) is 12.7. The number of hydrogen-bond acceptors (Lipinski definition) is 3. The first-order valence-corrected chi connectivity index (χ1v) is 6.94. The van der Waals surface area contributed by atoms with Crippen LogP contribution in [0.4, 0.5) is 10.1 Å². The van der Waals surface area contributed by atoms with Gasteiger partial charge >= 0.3 is 5.97 Å². The fourth-order valence-corrected chi connectivity index (χ4v) is 3.43. The maximum absolute atomic E-state index is 13.5. The summed E-state index contributed by atoms with van der Waals surface area (Å²) >= 11 is 0. The molecule has 1 aliphatic rings. The molecule has 3 nitrogen and oxygen atoms in total. The molecule has 0 aromatic heterocycles. The number of fused-ring (bicyclic) bond motifs is 1. The van der Waals surface area contributed by atoms with Crippen molar-refractivity contribution in [2.24, 2.45) is 0 Å². The van der Waals surface area contributed by atoms with Crippen molar-refractivity contribution < 1.29 is 13.9 Å². The van der Waals surface area contributed by atoms with Crippen LogP contribution in [0.15, 0.2) is 18.2 Å². The summed E-state index contributed by atoms with van der Waals surface area (Å²) in [4.78, 5) is 14.0. The van der Waals surface area contributed by atoms with Gasteiger partial charge in [0, 0.05) is 11.2 Å². The predicted molar refractivity (Wildman–Crippen MR) is 77.5 cm³/mol. The van der Waals surface area contributed by atoms with Crippen LogP contribution in [0.5, 0.6) is 0 Å². The van der Waals surface area contributed by atoms with Crippen LogP contribution < -0.4 is 4.90 Å². The second-order valence-electron chi connectivity index (χ2n) is 6.19. The molecular formula is C16H22FNO2. The van der Waals surface area contributed by atoms with Crippen LogP contribution in [-0.4, -0.2) is 24.7 Å². The molecule has 0 saturated carbocycles. The van der Waals surface area contributed by atoms with Crippen molar-refractivity contribution in [2.45, 2.75) is 51.6 Å². The summed E-state index contributed by atoms with van der Waals surface area (Å²) in [7, 11) is 1.39. The van der Waals surface area contributed by atoms with Crippen molar-refractivity contribution in [3.8, 4) is 0 Å². The molecule has 0 amide bonds. The van der Waals surface area contributed by atoms with Gasteiger partial charge in [0.15, 0.2) is 0 Å². The number of hydrogen-bond donors (Lipinski definition) is 0. The molecular weight excluding hydrogens is 257 g/mol. The van der Waals surface area contributed by atoms with Crippen molar-refractivity contribution in [3.63, 3.8) is 0 Å². The number of halogens is 1. The highest BCUT2D eigenvalue weighted by molar-refractivity contribution is 5.81.